The van der Waals surface area contributed by atoms with Crippen LogP contribution in [-0.2, 0) is 0 Å². The largest absolute Gasteiger partial charge is 0.507 e. The molecule has 0 atom stereocenters. The predicted molar refractivity (Wildman–Crippen MR) is 82.5 cm³/mol. The van der Waals surface area contributed by atoms with Gasteiger partial charge in [-0.05, 0) is 18.6 Å². The van der Waals surface area contributed by atoms with Gasteiger partial charge in [0, 0.05) is 17.8 Å². The van der Waals surface area contributed by atoms with E-state index < -0.39 is 0 Å². The summed E-state index contributed by atoms with van der Waals surface area (Å²) >= 11 is 0. The zero-order valence-electron chi connectivity index (χ0n) is 12.2. The Hall–Kier alpha value is -2.94. The minimum absolute atomic E-state index is 0.0901. The topological polar surface area (TPSA) is 91.4 Å². The number of aromatic nitrogens is 2. The van der Waals surface area contributed by atoms with E-state index in [-0.39, 0.29) is 11.6 Å². The van der Waals surface area contributed by atoms with Gasteiger partial charge in [-0.3, -0.25) is 4.99 Å². The third kappa shape index (κ3) is 4.28. The lowest BCUT2D eigenvalue weighted by Gasteiger charge is -2.06. The molecule has 1 N–H and O–H groups in total. The molecule has 0 unspecified atom stereocenters. The number of rotatable bonds is 6. The molecule has 0 saturated heterocycles. The molecule has 0 fully saturated rings. The molecule has 1 heterocycles. The SMILES string of the molecule is CCCCOc1ccc(C=Nc2cnc(C#N)nc2)c(O)c1. The van der Waals surface area contributed by atoms with Crippen molar-refractivity contribution in [2.45, 2.75) is 19.8 Å². The smallest absolute Gasteiger partial charge is 0.232 e. The summed E-state index contributed by atoms with van der Waals surface area (Å²) in [7, 11) is 0. The van der Waals surface area contributed by atoms with Gasteiger partial charge in [-0.2, -0.15) is 5.26 Å². The van der Waals surface area contributed by atoms with E-state index in [0.717, 1.165) is 12.8 Å². The minimum atomic E-state index is 0.0901. The average molecular weight is 296 g/mol. The lowest BCUT2D eigenvalue weighted by atomic mass is 10.2. The minimum Gasteiger partial charge on any atom is -0.507 e. The fourth-order valence-corrected chi connectivity index (χ4v) is 1.65. The molecule has 0 saturated carbocycles. The van der Waals surface area contributed by atoms with Crippen LogP contribution in [0.3, 0.4) is 0 Å². The second kappa shape index (κ2) is 7.74. The van der Waals surface area contributed by atoms with Gasteiger partial charge in [0.1, 0.15) is 17.6 Å². The van der Waals surface area contributed by atoms with Gasteiger partial charge in [-0.25, -0.2) is 9.97 Å². The Labute approximate surface area is 128 Å². The summed E-state index contributed by atoms with van der Waals surface area (Å²) in [6.07, 6.45) is 6.44. The van der Waals surface area contributed by atoms with Crippen LogP contribution in [0.2, 0.25) is 0 Å². The number of hydrogen-bond acceptors (Lipinski definition) is 6. The number of unbranched alkanes of at least 4 members (excludes halogenated alkanes) is 1. The fourth-order valence-electron chi connectivity index (χ4n) is 1.65. The van der Waals surface area contributed by atoms with E-state index in [4.69, 9.17) is 10.00 Å². The van der Waals surface area contributed by atoms with Crippen molar-refractivity contribution < 1.29 is 9.84 Å². The third-order valence-corrected chi connectivity index (χ3v) is 2.86. The Morgan fingerprint density at radius 2 is 2.14 bits per heavy atom. The van der Waals surface area contributed by atoms with Crippen molar-refractivity contribution in [2.24, 2.45) is 4.99 Å². The lowest BCUT2D eigenvalue weighted by molar-refractivity contribution is 0.307. The van der Waals surface area contributed by atoms with E-state index in [2.05, 4.69) is 21.9 Å². The van der Waals surface area contributed by atoms with Crippen LogP contribution in [0.5, 0.6) is 11.5 Å². The molecule has 6 heteroatoms. The van der Waals surface area contributed by atoms with Crippen LogP contribution in [0.15, 0.2) is 35.6 Å². The third-order valence-electron chi connectivity index (χ3n) is 2.86. The van der Waals surface area contributed by atoms with Gasteiger partial charge in [-0.15, -0.1) is 0 Å². The van der Waals surface area contributed by atoms with Gasteiger partial charge in [0.25, 0.3) is 0 Å². The number of nitrogens with zero attached hydrogens (tertiary/aromatic N) is 4. The van der Waals surface area contributed by atoms with Crippen molar-refractivity contribution in [2.75, 3.05) is 6.61 Å². The van der Waals surface area contributed by atoms with Crippen LogP contribution in [0.1, 0.15) is 31.2 Å². The first kappa shape index (κ1) is 15.4. The fraction of sp³-hybridized carbons (Fsp3) is 0.250. The Morgan fingerprint density at radius 1 is 1.36 bits per heavy atom. The van der Waals surface area contributed by atoms with Crippen molar-refractivity contribution >= 4 is 11.9 Å². The van der Waals surface area contributed by atoms with Gasteiger partial charge in [-0.1, -0.05) is 13.3 Å². The Morgan fingerprint density at radius 3 is 2.77 bits per heavy atom. The Bertz CT molecular complexity index is 690. The van der Waals surface area contributed by atoms with Gasteiger partial charge < -0.3 is 9.84 Å². The average Bonchev–Trinajstić information content (AvgIpc) is 2.55. The summed E-state index contributed by atoms with van der Waals surface area (Å²) in [5.41, 5.74) is 1.06. The molecular weight excluding hydrogens is 280 g/mol. The predicted octanol–water partition coefficient (Wildman–Crippen LogP) is 2.98. The molecule has 0 bridgehead atoms. The molecule has 1 aromatic carbocycles. The number of hydrogen-bond donors (Lipinski definition) is 1. The molecule has 0 radical (unpaired) electrons. The molecule has 0 amide bonds. The highest BCUT2D eigenvalue weighted by molar-refractivity contribution is 5.85. The van der Waals surface area contributed by atoms with Crippen LogP contribution in [0.4, 0.5) is 5.69 Å². The number of aromatic hydroxyl groups is 1. The van der Waals surface area contributed by atoms with Crippen LogP contribution >= 0.6 is 0 Å². The van der Waals surface area contributed by atoms with Crippen molar-refractivity contribution in [3.63, 3.8) is 0 Å². The molecule has 0 aliphatic heterocycles. The number of phenolic OH excluding ortho intramolecular Hbond substituents is 1. The quantitative estimate of drug-likeness (QED) is 0.653. The summed E-state index contributed by atoms with van der Waals surface area (Å²) in [4.78, 5) is 11.8. The highest BCUT2D eigenvalue weighted by atomic mass is 16.5. The lowest BCUT2D eigenvalue weighted by Crippen LogP contribution is -1.96. The van der Waals surface area contributed by atoms with Gasteiger partial charge >= 0.3 is 0 Å². The van der Waals surface area contributed by atoms with E-state index in [1.807, 2.05) is 6.07 Å². The normalized spacial score (nSPS) is 10.5. The standard InChI is InChI=1S/C16H16N4O2/c1-2-3-6-22-14-5-4-12(15(21)7-14)9-18-13-10-19-16(8-17)20-11-13/h4-5,7,9-11,21H,2-3,6H2,1H3. The maximum absolute atomic E-state index is 9.96. The summed E-state index contributed by atoms with van der Waals surface area (Å²) in [6, 6.07) is 6.91. The van der Waals surface area contributed by atoms with E-state index in [1.54, 1.807) is 18.2 Å². The van der Waals surface area contributed by atoms with Gasteiger partial charge in [0.05, 0.1) is 24.7 Å². The van der Waals surface area contributed by atoms with Crippen LogP contribution in [0.25, 0.3) is 0 Å². The molecule has 0 spiro atoms. The van der Waals surface area contributed by atoms with E-state index in [0.29, 0.717) is 23.6 Å². The summed E-state index contributed by atoms with van der Waals surface area (Å²) < 4.78 is 5.52. The highest BCUT2D eigenvalue weighted by Gasteiger charge is 2.02. The first-order chi connectivity index (χ1) is 10.7. The first-order valence-electron chi connectivity index (χ1n) is 6.95. The molecule has 112 valence electrons. The molecule has 0 aliphatic rings. The summed E-state index contributed by atoms with van der Waals surface area (Å²) in [5, 5.41) is 18.6. The van der Waals surface area contributed by atoms with Gasteiger partial charge in [0.15, 0.2) is 0 Å². The van der Waals surface area contributed by atoms with E-state index >= 15 is 0 Å². The maximum Gasteiger partial charge on any atom is 0.232 e. The highest BCUT2D eigenvalue weighted by Crippen LogP contribution is 2.23. The molecule has 0 aliphatic carbocycles. The molecule has 6 nitrogen and oxygen atoms in total. The van der Waals surface area contributed by atoms with Crippen LogP contribution in [-0.4, -0.2) is 27.9 Å². The summed E-state index contributed by atoms with van der Waals surface area (Å²) in [6.45, 7) is 2.72. The second-order valence-corrected chi connectivity index (χ2v) is 4.56. The second-order valence-electron chi connectivity index (χ2n) is 4.56. The molecule has 2 aromatic rings. The van der Waals surface area contributed by atoms with Crippen molar-refractivity contribution in [3.8, 4) is 17.6 Å². The first-order valence-corrected chi connectivity index (χ1v) is 6.95. The van der Waals surface area contributed by atoms with Crippen molar-refractivity contribution in [1.82, 2.24) is 9.97 Å². The molecule has 1 aromatic heterocycles. The number of aliphatic imine (C=N–C) groups is 1. The number of benzene rings is 1. The molecule has 22 heavy (non-hydrogen) atoms. The van der Waals surface area contributed by atoms with E-state index in [9.17, 15) is 5.11 Å². The number of nitriles is 1. The Balaban J connectivity index is 2.05. The summed E-state index contributed by atoms with van der Waals surface area (Å²) in [5.74, 6) is 0.812. The van der Waals surface area contributed by atoms with Crippen molar-refractivity contribution in [3.05, 3.63) is 42.0 Å². The molecular formula is C16H16N4O2. The van der Waals surface area contributed by atoms with E-state index in [1.165, 1.54) is 18.6 Å². The molecule has 2 rings (SSSR count). The Kier molecular flexibility index (Phi) is 5.44. The van der Waals surface area contributed by atoms with Crippen molar-refractivity contribution in [1.29, 1.82) is 5.26 Å². The zero-order chi connectivity index (χ0) is 15.8. The van der Waals surface area contributed by atoms with Crippen LogP contribution < -0.4 is 4.74 Å². The zero-order valence-corrected chi connectivity index (χ0v) is 12.2. The maximum atomic E-state index is 9.96. The monoisotopic (exact) mass is 296 g/mol. The van der Waals surface area contributed by atoms with Crippen LogP contribution in [0, 0.1) is 11.3 Å². The number of phenols is 1. The number of ether oxygens (including phenoxy) is 1. The van der Waals surface area contributed by atoms with Gasteiger partial charge in [0.2, 0.25) is 5.82 Å².